The van der Waals surface area contributed by atoms with Crippen LogP contribution in [0.15, 0.2) is 0 Å². The highest BCUT2D eigenvalue weighted by Crippen LogP contribution is 2.43. The molecule has 0 aliphatic rings. The fourth-order valence-corrected chi connectivity index (χ4v) is 5.31. The molecule has 0 aromatic heterocycles. The molecule has 9 heteroatoms. The number of phosphoric ester groups is 1. The normalized spacial score (nSPS) is 14.8. The zero-order chi connectivity index (χ0) is 28.3. The lowest BCUT2D eigenvalue weighted by Gasteiger charge is -2.25. The molecule has 228 valence electrons. The minimum absolute atomic E-state index is 0.0914. The molecule has 0 fully saturated rings. The Morgan fingerprint density at radius 1 is 0.763 bits per heavy atom. The van der Waals surface area contributed by atoms with Crippen LogP contribution in [0.2, 0.25) is 0 Å². The molecule has 3 unspecified atom stereocenters. The maximum atomic E-state index is 12.5. The number of rotatable bonds is 29. The van der Waals surface area contributed by atoms with Gasteiger partial charge in [0, 0.05) is 13.0 Å². The van der Waals surface area contributed by atoms with Gasteiger partial charge in [0.1, 0.15) is 0 Å². The molecule has 0 spiro atoms. The third-order valence-electron chi connectivity index (χ3n) is 6.96. The van der Waals surface area contributed by atoms with E-state index in [-0.39, 0.29) is 25.7 Å². The largest absolute Gasteiger partial charge is 0.472 e. The third kappa shape index (κ3) is 24.5. The Hall–Kier alpha value is -0.500. The molecule has 0 radical (unpaired) electrons. The number of aliphatic hydroxyl groups excluding tert-OH is 1. The number of amides is 1. The molecule has 0 saturated carbocycles. The number of carbonyl (C=O) groups excluding carboxylic acids is 1. The van der Waals surface area contributed by atoms with Crippen LogP contribution in [0.1, 0.15) is 149 Å². The fraction of sp³-hybridized carbons (Fsp3) is 0.966. The first-order chi connectivity index (χ1) is 18.4. The van der Waals surface area contributed by atoms with E-state index in [4.69, 9.17) is 14.8 Å². The second-order valence-electron chi connectivity index (χ2n) is 10.7. The summed E-state index contributed by atoms with van der Waals surface area (Å²) in [5.41, 5.74) is 5.33. The molecule has 0 bridgehead atoms. The zero-order valence-corrected chi connectivity index (χ0v) is 25.6. The van der Waals surface area contributed by atoms with E-state index < -0.39 is 20.0 Å². The summed E-state index contributed by atoms with van der Waals surface area (Å²) in [6.07, 6.45) is 22.5. The van der Waals surface area contributed by atoms with Crippen LogP contribution in [0, 0.1) is 0 Å². The van der Waals surface area contributed by atoms with Crippen LogP contribution in [0.3, 0.4) is 0 Å². The van der Waals surface area contributed by atoms with E-state index in [0.717, 1.165) is 38.5 Å². The van der Waals surface area contributed by atoms with Gasteiger partial charge in [-0.25, -0.2) is 4.57 Å². The van der Waals surface area contributed by atoms with Gasteiger partial charge in [-0.15, -0.1) is 0 Å². The average molecular weight is 565 g/mol. The number of nitrogens with one attached hydrogen (secondary N) is 1. The predicted octanol–water partition coefficient (Wildman–Crippen LogP) is 7.16. The number of hydrogen-bond acceptors (Lipinski definition) is 6. The van der Waals surface area contributed by atoms with Crippen molar-refractivity contribution in [2.45, 2.75) is 161 Å². The molecule has 0 aliphatic heterocycles. The second kappa shape index (κ2) is 26.7. The lowest BCUT2D eigenvalue weighted by Crippen LogP contribution is -2.46. The van der Waals surface area contributed by atoms with E-state index in [2.05, 4.69) is 19.2 Å². The van der Waals surface area contributed by atoms with Crippen LogP contribution in [0.5, 0.6) is 0 Å². The first-order valence-electron chi connectivity index (χ1n) is 15.7. The molecule has 0 aromatic rings. The maximum Gasteiger partial charge on any atom is 0.472 e. The van der Waals surface area contributed by atoms with Gasteiger partial charge in [-0.05, 0) is 12.8 Å². The zero-order valence-electron chi connectivity index (χ0n) is 24.7. The highest BCUT2D eigenvalue weighted by atomic mass is 31.2. The van der Waals surface area contributed by atoms with Crippen LogP contribution in [-0.4, -0.2) is 47.8 Å². The molecule has 3 atom stereocenters. The lowest BCUT2D eigenvalue weighted by atomic mass is 10.0. The monoisotopic (exact) mass is 564 g/mol. The van der Waals surface area contributed by atoms with Gasteiger partial charge in [0.2, 0.25) is 5.91 Å². The number of nitrogens with two attached hydrogens (primary N) is 1. The number of hydrogen-bond donors (Lipinski definition) is 4. The van der Waals surface area contributed by atoms with Crippen molar-refractivity contribution >= 4 is 13.7 Å². The Bertz CT molecular complexity index is 581. The Morgan fingerprint density at radius 3 is 1.68 bits per heavy atom. The van der Waals surface area contributed by atoms with Crippen molar-refractivity contribution in [1.82, 2.24) is 5.32 Å². The highest BCUT2D eigenvalue weighted by Gasteiger charge is 2.27. The summed E-state index contributed by atoms with van der Waals surface area (Å²) in [6, 6.07) is -0.762. The SMILES string of the molecule is CCCCCCCCCCCCC(O)C(COP(=O)(O)OCCN)NC(=O)CCCCCCCCCCC. The maximum absolute atomic E-state index is 12.5. The van der Waals surface area contributed by atoms with Crippen LogP contribution in [-0.2, 0) is 18.4 Å². The highest BCUT2D eigenvalue weighted by molar-refractivity contribution is 7.47. The van der Waals surface area contributed by atoms with E-state index in [0.29, 0.717) is 12.8 Å². The van der Waals surface area contributed by atoms with Crippen molar-refractivity contribution < 1.29 is 28.4 Å². The molecule has 0 aromatic carbocycles. The van der Waals surface area contributed by atoms with Gasteiger partial charge in [0.05, 0.1) is 25.4 Å². The van der Waals surface area contributed by atoms with E-state index in [1.54, 1.807) is 0 Å². The topological polar surface area (TPSA) is 131 Å². The van der Waals surface area contributed by atoms with Gasteiger partial charge in [0.15, 0.2) is 0 Å². The molecule has 0 saturated heterocycles. The summed E-state index contributed by atoms with van der Waals surface area (Å²) < 4.78 is 21.9. The van der Waals surface area contributed by atoms with E-state index >= 15 is 0 Å². The number of phosphoric acid groups is 1. The lowest BCUT2D eigenvalue weighted by molar-refractivity contribution is -0.123. The summed E-state index contributed by atoms with van der Waals surface area (Å²) in [6.45, 7) is 4.14. The predicted molar refractivity (Wildman–Crippen MR) is 157 cm³/mol. The van der Waals surface area contributed by atoms with Crippen LogP contribution in [0.4, 0.5) is 0 Å². The molecule has 0 rings (SSSR count). The van der Waals surface area contributed by atoms with Crippen LogP contribution in [0.25, 0.3) is 0 Å². The number of unbranched alkanes of at least 4 members (excludes halogenated alkanes) is 17. The Kier molecular flexibility index (Phi) is 26.4. The Morgan fingerprint density at radius 2 is 1.21 bits per heavy atom. The summed E-state index contributed by atoms with van der Waals surface area (Å²) >= 11 is 0. The summed E-state index contributed by atoms with van der Waals surface area (Å²) in [5, 5.41) is 13.6. The first kappa shape index (κ1) is 37.5. The van der Waals surface area contributed by atoms with E-state index in [1.165, 1.54) is 83.5 Å². The molecular weight excluding hydrogens is 503 g/mol. The summed E-state index contributed by atoms with van der Waals surface area (Å²) in [5.74, 6) is -0.167. The van der Waals surface area contributed by atoms with Crippen molar-refractivity contribution in [2.24, 2.45) is 5.73 Å². The van der Waals surface area contributed by atoms with Gasteiger partial charge in [-0.1, -0.05) is 129 Å². The van der Waals surface area contributed by atoms with Gasteiger partial charge >= 0.3 is 7.82 Å². The quantitative estimate of drug-likeness (QED) is 0.0560. The molecule has 8 nitrogen and oxygen atoms in total. The summed E-state index contributed by atoms with van der Waals surface area (Å²) in [4.78, 5) is 22.4. The van der Waals surface area contributed by atoms with Crippen molar-refractivity contribution in [2.75, 3.05) is 19.8 Å². The Balaban J connectivity index is 4.37. The summed E-state index contributed by atoms with van der Waals surface area (Å²) in [7, 11) is -4.29. The van der Waals surface area contributed by atoms with Gasteiger partial charge in [-0.2, -0.15) is 0 Å². The molecule has 1 amide bonds. The fourth-order valence-electron chi connectivity index (χ4n) is 4.55. The standard InChI is InChI=1S/C29H61N2O6P/c1-3-5-7-9-11-13-15-16-18-20-22-28(32)27(26-37-38(34,35)36-25-24-30)31-29(33)23-21-19-17-14-12-10-8-6-4-2/h27-28,32H,3-26,30H2,1-2H3,(H,31,33)(H,34,35). The first-order valence-corrected chi connectivity index (χ1v) is 17.1. The van der Waals surface area contributed by atoms with E-state index in [9.17, 15) is 19.4 Å². The molecule has 0 heterocycles. The molecule has 38 heavy (non-hydrogen) atoms. The van der Waals surface area contributed by atoms with Crippen LogP contribution < -0.4 is 11.1 Å². The van der Waals surface area contributed by atoms with Gasteiger partial charge in [-0.3, -0.25) is 13.8 Å². The minimum atomic E-state index is -4.29. The van der Waals surface area contributed by atoms with Gasteiger partial charge in [0.25, 0.3) is 0 Å². The number of aliphatic hydroxyl groups is 1. The molecule has 5 N–H and O–H groups in total. The third-order valence-corrected chi connectivity index (χ3v) is 7.95. The van der Waals surface area contributed by atoms with Crippen molar-refractivity contribution in [3.8, 4) is 0 Å². The molecule has 0 aliphatic carbocycles. The van der Waals surface area contributed by atoms with Crippen molar-refractivity contribution in [3.63, 3.8) is 0 Å². The second-order valence-corrected chi connectivity index (χ2v) is 12.1. The minimum Gasteiger partial charge on any atom is -0.391 e. The average Bonchev–Trinajstić information content (AvgIpc) is 2.89. The smallest absolute Gasteiger partial charge is 0.391 e. The van der Waals surface area contributed by atoms with Crippen molar-refractivity contribution in [3.05, 3.63) is 0 Å². The van der Waals surface area contributed by atoms with E-state index in [1.807, 2.05) is 0 Å². The van der Waals surface area contributed by atoms with Gasteiger partial charge < -0.3 is 21.1 Å². The van der Waals surface area contributed by atoms with Crippen molar-refractivity contribution in [1.29, 1.82) is 0 Å². The molecular formula is C29H61N2O6P. The Labute approximate surface area is 233 Å². The number of carbonyl (C=O) groups is 1. The van der Waals surface area contributed by atoms with Crippen LogP contribution >= 0.6 is 7.82 Å².